The summed E-state index contributed by atoms with van der Waals surface area (Å²) in [7, 11) is 0. The summed E-state index contributed by atoms with van der Waals surface area (Å²) in [6.07, 6.45) is 2.06. The first-order valence-electron chi connectivity index (χ1n) is 9.77. The lowest BCUT2D eigenvalue weighted by molar-refractivity contribution is 0.0372. The van der Waals surface area contributed by atoms with E-state index in [1.807, 2.05) is 60.7 Å². The molecule has 1 aliphatic rings. The molecule has 144 valence electrons. The van der Waals surface area contributed by atoms with Crippen LogP contribution in [0.25, 0.3) is 0 Å². The van der Waals surface area contributed by atoms with E-state index in [1.165, 1.54) is 0 Å². The minimum Gasteiger partial charge on any atom is -0.379 e. The molecule has 0 unspecified atom stereocenters. The van der Waals surface area contributed by atoms with E-state index < -0.39 is 0 Å². The van der Waals surface area contributed by atoms with Gasteiger partial charge in [0.15, 0.2) is 0 Å². The molecule has 0 saturated carbocycles. The molecule has 3 rings (SSSR count). The average Bonchev–Trinajstić information content (AvgIpc) is 2.74. The van der Waals surface area contributed by atoms with E-state index in [1.54, 1.807) is 0 Å². The van der Waals surface area contributed by atoms with Gasteiger partial charge >= 0.3 is 6.03 Å². The predicted molar refractivity (Wildman–Crippen MR) is 108 cm³/mol. The summed E-state index contributed by atoms with van der Waals surface area (Å²) < 4.78 is 5.36. The third-order valence-corrected chi connectivity index (χ3v) is 4.83. The fourth-order valence-corrected chi connectivity index (χ4v) is 3.32. The van der Waals surface area contributed by atoms with Crippen molar-refractivity contribution < 1.29 is 9.53 Å². The van der Waals surface area contributed by atoms with E-state index in [2.05, 4.69) is 15.5 Å². The molecule has 0 bridgehead atoms. The Morgan fingerprint density at radius 1 is 0.926 bits per heavy atom. The highest BCUT2D eigenvalue weighted by molar-refractivity contribution is 5.75. The molecule has 2 amide bonds. The number of amides is 2. The van der Waals surface area contributed by atoms with Crippen molar-refractivity contribution in [3.8, 4) is 0 Å². The van der Waals surface area contributed by atoms with Crippen LogP contribution in [0.1, 0.15) is 30.0 Å². The van der Waals surface area contributed by atoms with Crippen LogP contribution in [0.15, 0.2) is 60.7 Å². The van der Waals surface area contributed by atoms with E-state index in [0.29, 0.717) is 6.54 Å². The number of unbranched alkanes of at least 4 members (excludes halogenated alkanes) is 1. The molecule has 5 heteroatoms. The highest BCUT2D eigenvalue weighted by Crippen LogP contribution is 2.21. The van der Waals surface area contributed by atoms with Crippen LogP contribution in [-0.4, -0.2) is 50.3 Å². The third kappa shape index (κ3) is 6.38. The third-order valence-electron chi connectivity index (χ3n) is 4.83. The first kappa shape index (κ1) is 19.4. The van der Waals surface area contributed by atoms with E-state index in [-0.39, 0.29) is 12.1 Å². The summed E-state index contributed by atoms with van der Waals surface area (Å²) in [6, 6.07) is 19.8. The maximum atomic E-state index is 12.4. The number of ether oxygens (including phenoxy) is 1. The summed E-state index contributed by atoms with van der Waals surface area (Å²) in [5, 5.41) is 6.11. The lowest BCUT2D eigenvalue weighted by Crippen LogP contribution is -2.39. The largest absolute Gasteiger partial charge is 0.379 e. The Morgan fingerprint density at radius 2 is 1.52 bits per heavy atom. The number of benzene rings is 2. The van der Waals surface area contributed by atoms with Crippen molar-refractivity contribution in [2.45, 2.75) is 18.9 Å². The van der Waals surface area contributed by atoms with Crippen LogP contribution in [0.3, 0.4) is 0 Å². The number of hydrogen-bond acceptors (Lipinski definition) is 3. The number of rotatable bonds is 8. The van der Waals surface area contributed by atoms with Crippen molar-refractivity contribution in [1.82, 2.24) is 15.5 Å². The zero-order valence-electron chi connectivity index (χ0n) is 15.8. The predicted octanol–water partition coefficient (Wildman–Crippen LogP) is 3.19. The first-order chi connectivity index (χ1) is 13.3. The SMILES string of the molecule is O=C(NCCCCN1CCOCC1)NC(c1ccccc1)c1ccccc1. The smallest absolute Gasteiger partial charge is 0.315 e. The normalized spacial score (nSPS) is 14.9. The molecular formula is C22H29N3O2. The van der Waals surface area contributed by atoms with Gasteiger partial charge in [0.1, 0.15) is 0 Å². The molecule has 0 spiro atoms. The van der Waals surface area contributed by atoms with E-state index in [0.717, 1.165) is 56.8 Å². The quantitative estimate of drug-likeness (QED) is 0.705. The molecule has 0 radical (unpaired) electrons. The number of urea groups is 1. The van der Waals surface area contributed by atoms with E-state index in [9.17, 15) is 4.79 Å². The topological polar surface area (TPSA) is 53.6 Å². The Hall–Kier alpha value is -2.37. The summed E-state index contributed by atoms with van der Waals surface area (Å²) in [5.74, 6) is 0. The Balaban J connectivity index is 1.45. The molecule has 2 aromatic carbocycles. The number of carbonyl (C=O) groups excluding carboxylic acids is 1. The van der Waals surface area contributed by atoms with Gasteiger partial charge in [-0.15, -0.1) is 0 Å². The molecule has 1 aliphatic heterocycles. The van der Waals surface area contributed by atoms with E-state index >= 15 is 0 Å². The number of hydrogen-bond donors (Lipinski definition) is 2. The molecule has 2 N–H and O–H groups in total. The second kappa shape index (κ2) is 10.7. The van der Waals surface area contributed by atoms with Gasteiger partial charge in [0.25, 0.3) is 0 Å². The van der Waals surface area contributed by atoms with Crippen molar-refractivity contribution in [2.24, 2.45) is 0 Å². The van der Waals surface area contributed by atoms with Crippen molar-refractivity contribution in [1.29, 1.82) is 0 Å². The molecule has 2 aromatic rings. The number of morpholine rings is 1. The van der Waals surface area contributed by atoms with Crippen molar-refractivity contribution in [2.75, 3.05) is 39.4 Å². The number of nitrogens with zero attached hydrogens (tertiary/aromatic N) is 1. The van der Waals surface area contributed by atoms with Gasteiger partial charge in [-0.25, -0.2) is 4.79 Å². The summed E-state index contributed by atoms with van der Waals surface area (Å²) in [6.45, 7) is 5.46. The average molecular weight is 367 g/mol. The van der Waals surface area contributed by atoms with Gasteiger partial charge in [-0.1, -0.05) is 60.7 Å². The van der Waals surface area contributed by atoms with Crippen LogP contribution in [-0.2, 0) is 4.74 Å². The lowest BCUT2D eigenvalue weighted by atomic mass is 9.99. The second-order valence-corrected chi connectivity index (χ2v) is 6.82. The van der Waals surface area contributed by atoms with Crippen LogP contribution < -0.4 is 10.6 Å². The number of nitrogens with one attached hydrogen (secondary N) is 2. The minimum absolute atomic E-state index is 0.126. The molecule has 5 nitrogen and oxygen atoms in total. The van der Waals surface area contributed by atoms with Crippen LogP contribution in [0.5, 0.6) is 0 Å². The Kier molecular flexibility index (Phi) is 7.69. The Labute approximate surface area is 161 Å². The Morgan fingerprint density at radius 3 is 2.11 bits per heavy atom. The lowest BCUT2D eigenvalue weighted by Gasteiger charge is -2.26. The van der Waals surface area contributed by atoms with Gasteiger partial charge in [-0.05, 0) is 30.5 Å². The van der Waals surface area contributed by atoms with Gasteiger partial charge in [-0.2, -0.15) is 0 Å². The fraction of sp³-hybridized carbons (Fsp3) is 0.409. The molecule has 1 fully saturated rings. The highest BCUT2D eigenvalue weighted by Gasteiger charge is 2.16. The maximum absolute atomic E-state index is 12.4. The molecule has 0 aromatic heterocycles. The molecule has 0 aliphatic carbocycles. The van der Waals surface area contributed by atoms with Crippen molar-refractivity contribution >= 4 is 6.03 Å². The standard InChI is InChI=1S/C22H29N3O2/c26-22(23-13-7-8-14-25-15-17-27-18-16-25)24-21(19-9-3-1-4-10-19)20-11-5-2-6-12-20/h1-6,9-12,21H,7-8,13-18H2,(H2,23,24,26). The molecule has 1 saturated heterocycles. The van der Waals surface area contributed by atoms with Gasteiger partial charge in [-0.3, -0.25) is 4.90 Å². The minimum atomic E-state index is -0.152. The van der Waals surface area contributed by atoms with Crippen molar-refractivity contribution in [3.63, 3.8) is 0 Å². The Bertz CT molecular complexity index is 633. The van der Waals surface area contributed by atoms with Crippen LogP contribution in [0, 0.1) is 0 Å². The summed E-state index contributed by atoms with van der Waals surface area (Å²) >= 11 is 0. The van der Waals surface area contributed by atoms with Crippen LogP contribution in [0.2, 0.25) is 0 Å². The zero-order valence-corrected chi connectivity index (χ0v) is 15.8. The van der Waals surface area contributed by atoms with Crippen molar-refractivity contribution in [3.05, 3.63) is 71.8 Å². The monoisotopic (exact) mass is 367 g/mol. The second-order valence-electron chi connectivity index (χ2n) is 6.82. The summed E-state index contributed by atoms with van der Waals surface area (Å²) in [4.78, 5) is 14.8. The van der Waals surface area contributed by atoms with Gasteiger partial charge in [0.05, 0.1) is 19.3 Å². The molecule has 27 heavy (non-hydrogen) atoms. The van der Waals surface area contributed by atoms with E-state index in [4.69, 9.17) is 4.74 Å². The fourth-order valence-electron chi connectivity index (χ4n) is 3.32. The van der Waals surface area contributed by atoms with Gasteiger partial charge in [0, 0.05) is 19.6 Å². The number of carbonyl (C=O) groups is 1. The van der Waals surface area contributed by atoms with Gasteiger partial charge in [0.2, 0.25) is 0 Å². The van der Waals surface area contributed by atoms with Crippen LogP contribution >= 0.6 is 0 Å². The molecule has 0 atom stereocenters. The molecule has 1 heterocycles. The maximum Gasteiger partial charge on any atom is 0.315 e. The zero-order chi connectivity index (χ0) is 18.7. The van der Waals surface area contributed by atoms with Gasteiger partial charge < -0.3 is 15.4 Å². The van der Waals surface area contributed by atoms with Crippen LogP contribution in [0.4, 0.5) is 4.79 Å². The molecular weight excluding hydrogens is 338 g/mol. The summed E-state index contributed by atoms with van der Waals surface area (Å²) in [5.41, 5.74) is 2.15. The highest BCUT2D eigenvalue weighted by atomic mass is 16.5. The first-order valence-corrected chi connectivity index (χ1v) is 9.77.